The van der Waals surface area contributed by atoms with Crippen LogP contribution in [-0.4, -0.2) is 63.4 Å². The first-order chi connectivity index (χ1) is 7.77. The van der Waals surface area contributed by atoms with Gasteiger partial charge in [-0.25, -0.2) is 4.79 Å². The molecule has 0 aromatic carbocycles. The van der Waals surface area contributed by atoms with Crippen LogP contribution in [0.25, 0.3) is 0 Å². The van der Waals surface area contributed by atoms with Crippen LogP contribution in [0.2, 0.25) is 0 Å². The highest BCUT2D eigenvalue weighted by Gasteiger charge is 2.14. The van der Waals surface area contributed by atoms with Gasteiger partial charge in [0.25, 0.3) is 0 Å². The summed E-state index contributed by atoms with van der Waals surface area (Å²) in [5.41, 5.74) is 0. The third-order valence-electron chi connectivity index (χ3n) is 3.01. The van der Waals surface area contributed by atoms with E-state index in [0.717, 1.165) is 52.5 Å². The Labute approximate surface area is 97.7 Å². The molecule has 5 nitrogen and oxygen atoms in total. The van der Waals surface area contributed by atoms with Crippen molar-refractivity contribution in [3.05, 3.63) is 0 Å². The Kier molecular flexibility index (Phi) is 6.18. The highest BCUT2D eigenvalue weighted by Crippen LogP contribution is 1.86. The van der Waals surface area contributed by atoms with E-state index in [1.165, 1.54) is 4.90 Å². The van der Waals surface area contributed by atoms with Gasteiger partial charge >= 0.3 is 6.03 Å². The lowest BCUT2D eigenvalue weighted by Gasteiger charge is -2.24. The highest BCUT2D eigenvalue weighted by atomic mass is 16.5. The third-order valence-corrected chi connectivity index (χ3v) is 3.01. The highest BCUT2D eigenvalue weighted by molar-refractivity contribution is 5.73. The van der Waals surface area contributed by atoms with E-state index in [2.05, 4.69) is 5.32 Å². The maximum absolute atomic E-state index is 11.6. The topological polar surface area (TPSA) is 46.0 Å². The fourth-order valence-electron chi connectivity index (χ4n) is 1.88. The van der Waals surface area contributed by atoms with Crippen LogP contribution in [0.15, 0.2) is 0 Å². The number of amides is 2. The Hall–Kier alpha value is -0.810. The normalized spacial score (nSPS) is 17.1. The molecular weight excluding hydrogens is 206 g/mol. The molecule has 0 spiro atoms. The van der Waals surface area contributed by atoms with Crippen LogP contribution >= 0.6 is 0 Å². The van der Waals surface area contributed by atoms with Crippen molar-refractivity contribution in [2.24, 2.45) is 0 Å². The van der Waals surface area contributed by atoms with Crippen LogP contribution in [0.3, 0.4) is 0 Å². The number of carbonyl (C=O) groups excluding carboxylic acids is 1. The Bertz CT molecular complexity index is 201. The average molecular weight is 230 g/mol. The van der Waals surface area contributed by atoms with E-state index in [1.807, 2.05) is 13.8 Å². The molecule has 1 aliphatic heterocycles. The quantitative estimate of drug-likeness (QED) is 0.633. The van der Waals surface area contributed by atoms with E-state index < -0.39 is 0 Å². The second-order valence-electron chi connectivity index (χ2n) is 4.02. The van der Waals surface area contributed by atoms with Gasteiger partial charge in [-0.15, -0.1) is 0 Å². The van der Waals surface area contributed by atoms with Crippen molar-refractivity contribution in [3.63, 3.8) is 0 Å². The van der Waals surface area contributed by atoms with E-state index >= 15 is 0 Å². The molecule has 1 saturated heterocycles. The Morgan fingerprint density at radius 3 is 2.50 bits per heavy atom. The summed E-state index contributed by atoms with van der Waals surface area (Å²) in [6, 6.07) is 0.0534. The lowest BCUT2D eigenvalue weighted by molar-refractivity contribution is -0.906. The Balaban J connectivity index is 2.11. The number of quaternary nitrogens is 1. The molecule has 0 atom stereocenters. The lowest BCUT2D eigenvalue weighted by Crippen LogP contribution is -3.14. The van der Waals surface area contributed by atoms with Crippen LogP contribution in [0.1, 0.15) is 13.8 Å². The van der Waals surface area contributed by atoms with E-state index in [0.29, 0.717) is 0 Å². The Morgan fingerprint density at radius 1 is 1.31 bits per heavy atom. The summed E-state index contributed by atoms with van der Waals surface area (Å²) in [7, 11) is 0. The van der Waals surface area contributed by atoms with Crippen molar-refractivity contribution in [1.82, 2.24) is 10.2 Å². The molecule has 0 unspecified atom stereocenters. The standard InChI is InChI=1S/C11H23N3O2/c1-3-14(4-2)11(15)12-5-6-13-7-9-16-10-8-13/h3-10H2,1-2H3,(H,12,15)/p+1. The van der Waals surface area contributed by atoms with Gasteiger partial charge in [0.1, 0.15) is 13.1 Å². The SMILES string of the molecule is CCN(CC)C(=O)NCC[NH+]1CCOCC1. The van der Waals surface area contributed by atoms with Gasteiger partial charge in [-0.2, -0.15) is 0 Å². The van der Waals surface area contributed by atoms with E-state index in [4.69, 9.17) is 4.74 Å². The number of hydrogen-bond donors (Lipinski definition) is 2. The van der Waals surface area contributed by atoms with Crippen molar-refractivity contribution in [2.75, 3.05) is 52.5 Å². The molecule has 0 radical (unpaired) electrons. The summed E-state index contributed by atoms with van der Waals surface area (Å²) in [6.45, 7) is 11.1. The fraction of sp³-hybridized carbons (Fsp3) is 0.909. The number of nitrogens with one attached hydrogen (secondary N) is 2. The number of rotatable bonds is 5. The number of carbonyl (C=O) groups is 1. The smallest absolute Gasteiger partial charge is 0.317 e. The van der Waals surface area contributed by atoms with Crippen LogP contribution in [0.5, 0.6) is 0 Å². The van der Waals surface area contributed by atoms with Gasteiger partial charge < -0.3 is 19.9 Å². The zero-order chi connectivity index (χ0) is 11.8. The number of ether oxygens (including phenoxy) is 1. The number of morpholine rings is 1. The maximum Gasteiger partial charge on any atom is 0.317 e. The molecule has 0 saturated carbocycles. The van der Waals surface area contributed by atoms with Crippen molar-refractivity contribution < 1.29 is 14.4 Å². The molecule has 94 valence electrons. The fourth-order valence-corrected chi connectivity index (χ4v) is 1.88. The van der Waals surface area contributed by atoms with Gasteiger partial charge in [0.15, 0.2) is 0 Å². The largest absolute Gasteiger partial charge is 0.370 e. The number of urea groups is 1. The molecule has 2 N–H and O–H groups in total. The second-order valence-corrected chi connectivity index (χ2v) is 4.02. The minimum absolute atomic E-state index is 0.0534. The first-order valence-corrected chi connectivity index (χ1v) is 6.22. The van der Waals surface area contributed by atoms with Gasteiger partial charge in [0, 0.05) is 13.1 Å². The molecule has 0 aliphatic carbocycles. The summed E-state index contributed by atoms with van der Waals surface area (Å²) < 4.78 is 5.28. The second kappa shape index (κ2) is 7.46. The first-order valence-electron chi connectivity index (χ1n) is 6.22. The summed E-state index contributed by atoms with van der Waals surface area (Å²) in [4.78, 5) is 14.9. The summed E-state index contributed by atoms with van der Waals surface area (Å²) in [6.07, 6.45) is 0. The molecule has 0 bridgehead atoms. The van der Waals surface area contributed by atoms with E-state index in [-0.39, 0.29) is 6.03 Å². The minimum atomic E-state index is 0.0534. The van der Waals surface area contributed by atoms with Gasteiger partial charge in [0.2, 0.25) is 0 Å². The zero-order valence-corrected chi connectivity index (χ0v) is 10.4. The van der Waals surface area contributed by atoms with E-state index in [1.54, 1.807) is 4.90 Å². The van der Waals surface area contributed by atoms with Crippen molar-refractivity contribution in [2.45, 2.75) is 13.8 Å². The molecular formula is C11H24N3O2+. The zero-order valence-electron chi connectivity index (χ0n) is 10.4. The third kappa shape index (κ3) is 4.37. The predicted octanol–water partition coefficient (Wildman–Crippen LogP) is -1.05. The number of hydrogen-bond acceptors (Lipinski definition) is 2. The van der Waals surface area contributed by atoms with E-state index in [9.17, 15) is 4.79 Å². The molecule has 1 fully saturated rings. The van der Waals surface area contributed by atoms with Gasteiger partial charge in [-0.3, -0.25) is 0 Å². The average Bonchev–Trinajstić information content (AvgIpc) is 2.32. The Morgan fingerprint density at radius 2 is 1.94 bits per heavy atom. The molecule has 1 rings (SSSR count). The monoisotopic (exact) mass is 230 g/mol. The lowest BCUT2D eigenvalue weighted by atomic mass is 10.4. The predicted molar refractivity (Wildman–Crippen MR) is 62.7 cm³/mol. The maximum atomic E-state index is 11.6. The molecule has 0 aromatic heterocycles. The van der Waals surface area contributed by atoms with Crippen molar-refractivity contribution in [1.29, 1.82) is 0 Å². The van der Waals surface area contributed by atoms with Gasteiger partial charge in [-0.05, 0) is 13.8 Å². The van der Waals surface area contributed by atoms with Gasteiger partial charge in [0.05, 0.1) is 26.3 Å². The minimum Gasteiger partial charge on any atom is -0.370 e. The van der Waals surface area contributed by atoms with Crippen molar-refractivity contribution in [3.8, 4) is 0 Å². The molecule has 5 heteroatoms. The number of nitrogens with zero attached hydrogens (tertiary/aromatic N) is 1. The van der Waals surface area contributed by atoms with Gasteiger partial charge in [-0.1, -0.05) is 0 Å². The molecule has 1 aliphatic rings. The van der Waals surface area contributed by atoms with Crippen molar-refractivity contribution >= 4 is 6.03 Å². The molecule has 2 amide bonds. The van der Waals surface area contributed by atoms with Crippen LogP contribution in [0, 0.1) is 0 Å². The van der Waals surface area contributed by atoms with Crippen LogP contribution < -0.4 is 10.2 Å². The summed E-state index contributed by atoms with van der Waals surface area (Å²) in [5.74, 6) is 0. The first kappa shape index (κ1) is 13.3. The van der Waals surface area contributed by atoms with Crippen LogP contribution in [0.4, 0.5) is 4.79 Å². The summed E-state index contributed by atoms with van der Waals surface area (Å²) in [5, 5.41) is 2.96. The molecule has 0 aromatic rings. The summed E-state index contributed by atoms with van der Waals surface area (Å²) >= 11 is 0. The van der Waals surface area contributed by atoms with Crippen LogP contribution in [-0.2, 0) is 4.74 Å². The molecule has 1 heterocycles. The molecule has 16 heavy (non-hydrogen) atoms.